The summed E-state index contributed by atoms with van der Waals surface area (Å²) in [4.78, 5) is 27.2. The number of rotatable bonds is 5. The fourth-order valence-electron chi connectivity index (χ4n) is 4.55. The Bertz CT molecular complexity index is 818. The summed E-state index contributed by atoms with van der Waals surface area (Å²) in [6.45, 7) is 4.48. The van der Waals surface area contributed by atoms with Gasteiger partial charge in [0.2, 0.25) is 11.8 Å². The van der Waals surface area contributed by atoms with Crippen molar-refractivity contribution >= 4 is 17.4 Å². The molecule has 2 fully saturated rings. The summed E-state index contributed by atoms with van der Waals surface area (Å²) >= 11 is 0. The number of hydrogen-bond donors (Lipinski definition) is 3. The van der Waals surface area contributed by atoms with Crippen molar-refractivity contribution in [3.05, 3.63) is 35.9 Å². The topological polar surface area (TPSA) is 90.9 Å². The van der Waals surface area contributed by atoms with Gasteiger partial charge in [-0.25, -0.2) is 5.48 Å². The monoisotopic (exact) mass is 399 g/mol. The molecular weight excluding hydrogens is 370 g/mol. The van der Waals surface area contributed by atoms with Gasteiger partial charge in [-0.1, -0.05) is 18.2 Å². The first-order chi connectivity index (χ1) is 14.0. The number of hydroxylamine groups is 1. The van der Waals surface area contributed by atoms with Crippen LogP contribution in [0.5, 0.6) is 5.75 Å². The van der Waals surface area contributed by atoms with Crippen LogP contribution < -0.4 is 15.5 Å². The van der Waals surface area contributed by atoms with Crippen molar-refractivity contribution < 1.29 is 19.5 Å². The highest BCUT2D eigenvalue weighted by Crippen LogP contribution is 2.52. The second kappa shape index (κ2) is 8.16. The van der Waals surface area contributed by atoms with E-state index in [0.29, 0.717) is 26.1 Å². The van der Waals surface area contributed by atoms with Gasteiger partial charge in [0.15, 0.2) is 0 Å². The fourth-order valence-corrected chi connectivity index (χ4v) is 4.55. The molecule has 1 spiro atoms. The van der Waals surface area contributed by atoms with Gasteiger partial charge >= 0.3 is 0 Å². The van der Waals surface area contributed by atoms with E-state index in [0.717, 1.165) is 37.1 Å². The first kappa shape index (κ1) is 19.9. The van der Waals surface area contributed by atoms with Crippen molar-refractivity contribution in [2.24, 2.45) is 11.3 Å². The van der Waals surface area contributed by atoms with Crippen LogP contribution in [0, 0.1) is 11.3 Å². The van der Waals surface area contributed by atoms with Crippen LogP contribution in [0.4, 0.5) is 0 Å². The maximum atomic E-state index is 13.2. The number of ether oxygens (including phenoxy) is 1. The molecule has 1 aromatic rings. The van der Waals surface area contributed by atoms with E-state index >= 15 is 0 Å². The van der Waals surface area contributed by atoms with Crippen LogP contribution in [0.3, 0.4) is 0 Å². The average molecular weight is 399 g/mol. The SMILES string of the molecule is CCOc1cccc(C2=CCN(C(=O)[C@H]3NCC4(CC4)C[C@@H]3C(=O)NO)CC2)c1. The Balaban J connectivity index is 1.44. The third kappa shape index (κ3) is 4.16. The molecule has 1 saturated heterocycles. The fraction of sp³-hybridized carbons (Fsp3) is 0.545. The predicted octanol–water partition coefficient (Wildman–Crippen LogP) is 1.96. The molecule has 3 aliphatic rings. The quantitative estimate of drug-likeness (QED) is 0.520. The molecule has 0 bridgehead atoms. The van der Waals surface area contributed by atoms with Gasteiger partial charge in [0, 0.05) is 19.6 Å². The van der Waals surface area contributed by atoms with Crippen LogP contribution >= 0.6 is 0 Å². The summed E-state index contributed by atoms with van der Waals surface area (Å²) < 4.78 is 5.58. The Kier molecular flexibility index (Phi) is 5.61. The van der Waals surface area contributed by atoms with Crippen molar-refractivity contribution in [2.75, 3.05) is 26.2 Å². The van der Waals surface area contributed by atoms with E-state index in [1.54, 1.807) is 10.4 Å². The van der Waals surface area contributed by atoms with Gasteiger partial charge in [-0.3, -0.25) is 14.8 Å². The maximum Gasteiger partial charge on any atom is 0.248 e. The lowest BCUT2D eigenvalue weighted by molar-refractivity contribution is -0.144. The largest absolute Gasteiger partial charge is 0.494 e. The van der Waals surface area contributed by atoms with E-state index in [1.165, 1.54) is 5.57 Å². The van der Waals surface area contributed by atoms with Crippen LogP contribution in [-0.2, 0) is 9.59 Å². The molecule has 29 heavy (non-hydrogen) atoms. The van der Waals surface area contributed by atoms with Gasteiger partial charge in [0.25, 0.3) is 0 Å². The van der Waals surface area contributed by atoms with Crippen molar-refractivity contribution in [3.8, 4) is 5.75 Å². The van der Waals surface area contributed by atoms with Gasteiger partial charge < -0.3 is 15.0 Å². The van der Waals surface area contributed by atoms with Gasteiger partial charge in [-0.2, -0.15) is 0 Å². The molecule has 0 radical (unpaired) electrons. The molecule has 3 N–H and O–H groups in total. The lowest BCUT2D eigenvalue weighted by atomic mass is 9.81. The number of benzene rings is 1. The number of hydrogen-bond acceptors (Lipinski definition) is 5. The Hall–Kier alpha value is -2.38. The van der Waals surface area contributed by atoms with Gasteiger partial charge in [0.05, 0.1) is 18.6 Å². The van der Waals surface area contributed by atoms with Crippen LogP contribution in [0.2, 0.25) is 0 Å². The number of carbonyl (C=O) groups excluding carboxylic acids is 2. The second-order valence-corrected chi connectivity index (χ2v) is 8.37. The molecule has 1 aromatic carbocycles. The number of amides is 2. The highest BCUT2D eigenvalue weighted by atomic mass is 16.5. The smallest absolute Gasteiger partial charge is 0.248 e. The molecule has 0 unspecified atom stereocenters. The number of nitrogens with zero attached hydrogens (tertiary/aromatic N) is 1. The third-order valence-electron chi connectivity index (χ3n) is 6.46. The van der Waals surface area contributed by atoms with E-state index in [1.807, 2.05) is 25.1 Å². The highest BCUT2D eigenvalue weighted by molar-refractivity contribution is 5.90. The van der Waals surface area contributed by atoms with Crippen LogP contribution in [0.25, 0.3) is 5.57 Å². The van der Waals surface area contributed by atoms with E-state index in [9.17, 15) is 9.59 Å². The first-order valence-corrected chi connectivity index (χ1v) is 10.4. The van der Waals surface area contributed by atoms with Crippen LogP contribution in [0.15, 0.2) is 30.3 Å². The summed E-state index contributed by atoms with van der Waals surface area (Å²) in [7, 11) is 0. The summed E-state index contributed by atoms with van der Waals surface area (Å²) in [5.74, 6) is -0.213. The minimum atomic E-state index is -0.579. The number of carbonyl (C=O) groups is 2. The number of nitrogens with one attached hydrogen (secondary N) is 2. The molecule has 0 aromatic heterocycles. The second-order valence-electron chi connectivity index (χ2n) is 8.37. The molecule has 4 rings (SSSR count). The van der Waals surface area contributed by atoms with Gasteiger partial charge in [-0.05, 0) is 61.3 Å². The summed E-state index contributed by atoms with van der Waals surface area (Å²) in [5.41, 5.74) is 4.21. The van der Waals surface area contributed by atoms with Crippen molar-refractivity contribution in [2.45, 2.75) is 38.6 Å². The standard InChI is InChI=1S/C22H29N3O4/c1-2-29-17-5-3-4-16(12-17)15-6-10-25(11-7-15)21(27)19-18(20(26)24-28)13-22(8-9-22)14-23-19/h3-6,12,18-19,23,28H,2,7-11,13-14H2,1H3,(H,24,26)/t18-,19-/m0/s1. The summed E-state index contributed by atoms with van der Waals surface area (Å²) in [5, 5.41) is 12.4. The molecule has 7 heteroatoms. The van der Waals surface area contributed by atoms with Gasteiger partial charge in [0.1, 0.15) is 5.75 Å². The minimum Gasteiger partial charge on any atom is -0.494 e. The van der Waals surface area contributed by atoms with Crippen LogP contribution in [-0.4, -0.2) is 54.2 Å². The Morgan fingerprint density at radius 3 is 2.86 bits per heavy atom. The molecule has 156 valence electrons. The predicted molar refractivity (Wildman–Crippen MR) is 108 cm³/mol. The van der Waals surface area contributed by atoms with E-state index < -0.39 is 17.9 Å². The first-order valence-electron chi connectivity index (χ1n) is 10.4. The Morgan fingerprint density at radius 2 is 2.21 bits per heavy atom. The molecule has 2 heterocycles. The lowest BCUT2D eigenvalue weighted by Crippen LogP contribution is -2.59. The lowest BCUT2D eigenvalue weighted by Gasteiger charge is -2.38. The van der Waals surface area contributed by atoms with Gasteiger partial charge in [-0.15, -0.1) is 0 Å². The molecule has 1 saturated carbocycles. The Morgan fingerprint density at radius 1 is 1.38 bits per heavy atom. The van der Waals surface area contributed by atoms with E-state index in [2.05, 4.69) is 17.5 Å². The maximum absolute atomic E-state index is 13.2. The zero-order chi connectivity index (χ0) is 20.4. The molecule has 7 nitrogen and oxygen atoms in total. The highest BCUT2D eigenvalue weighted by Gasteiger charge is 2.52. The summed E-state index contributed by atoms with van der Waals surface area (Å²) in [6, 6.07) is 7.44. The zero-order valence-electron chi connectivity index (χ0n) is 16.8. The molecule has 2 atom stereocenters. The number of piperidine rings is 1. The normalized spacial score (nSPS) is 25.3. The molecule has 1 aliphatic carbocycles. The minimum absolute atomic E-state index is 0.0625. The molecule has 2 amide bonds. The van der Waals surface area contributed by atoms with E-state index in [4.69, 9.17) is 9.94 Å². The zero-order valence-corrected chi connectivity index (χ0v) is 16.8. The summed E-state index contributed by atoms with van der Waals surface area (Å²) in [6.07, 6.45) is 5.65. The van der Waals surface area contributed by atoms with Crippen LogP contribution in [0.1, 0.15) is 38.2 Å². The molecule has 2 aliphatic heterocycles. The molecular formula is C22H29N3O4. The average Bonchev–Trinajstić information content (AvgIpc) is 3.52. The van der Waals surface area contributed by atoms with Crippen molar-refractivity contribution in [3.63, 3.8) is 0 Å². The third-order valence-corrected chi connectivity index (χ3v) is 6.46. The Labute approximate surface area is 171 Å². The van der Waals surface area contributed by atoms with Crippen molar-refractivity contribution in [1.29, 1.82) is 0 Å². The van der Waals surface area contributed by atoms with Crippen molar-refractivity contribution in [1.82, 2.24) is 15.7 Å². The van der Waals surface area contributed by atoms with E-state index in [-0.39, 0.29) is 11.3 Å².